The van der Waals surface area contributed by atoms with E-state index in [2.05, 4.69) is 30.1 Å². The molecular weight excluding hydrogens is 940 g/mol. The Morgan fingerprint density at radius 1 is 0.783 bits per heavy atom. The van der Waals surface area contributed by atoms with Crippen molar-refractivity contribution in [2.45, 2.75) is 224 Å². The van der Waals surface area contributed by atoms with Gasteiger partial charge in [-0.2, -0.15) is 9.29 Å². The molecule has 1 fully saturated rings. The molecule has 1 aliphatic heterocycles. The van der Waals surface area contributed by atoms with Crippen LogP contribution in [0.15, 0.2) is 29.2 Å². The van der Waals surface area contributed by atoms with Gasteiger partial charge in [-0.1, -0.05) is 142 Å². The van der Waals surface area contributed by atoms with Crippen LogP contribution in [0.2, 0.25) is 0 Å². The third-order valence-corrected chi connectivity index (χ3v) is 14.7. The van der Waals surface area contributed by atoms with E-state index in [0.29, 0.717) is 38.5 Å². The molecule has 400 valence electrons. The monoisotopic (exact) mass is 1030 g/mol. The molecule has 0 radical (unpaired) electrons. The van der Waals surface area contributed by atoms with Gasteiger partial charge in [0.25, 0.3) is 0 Å². The molecule has 1 aliphatic rings. The average molecular weight is 1030 g/mol. The lowest BCUT2D eigenvalue weighted by Crippen LogP contribution is -2.36. The molecule has 69 heavy (non-hydrogen) atoms. The topological polar surface area (TPSA) is 306 Å². The van der Waals surface area contributed by atoms with Gasteiger partial charge in [0.1, 0.15) is 30.7 Å². The Balaban J connectivity index is 1.84. The van der Waals surface area contributed by atoms with Crippen molar-refractivity contribution in [3.63, 3.8) is 0 Å². The minimum absolute atomic E-state index is 0.0459. The lowest BCUT2D eigenvalue weighted by Gasteiger charge is -2.21. The number of anilines is 1. The van der Waals surface area contributed by atoms with Crippen molar-refractivity contribution in [1.82, 2.24) is 9.55 Å². The van der Waals surface area contributed by atoms with Gasteiger partial charge >= 0.3 is 33.3 Å². The van der Waals surface area contributed by atoms with Crippen LogP contribution in [0, 0.1) is 5.92 Å². The summed E-state index contributed by atoms with van der Waals surface area (Å²) in [5, 5.41) is 41.5. The van der Waals surface area contributed by atoms with Crippen molar-refractivity contribution in [2.24, 2.45) is 5.92 Å². The molecule has 0 spiro atoms. The van der Waals surface area contributed by atoms with E-state index in [1.807, 2.05) is 12.2 Å². The quantitative estimate of drug-likeness (QED) is 0.0142. The summed E-state index contributed by atoms with van der Waals surface area (Å²) in [5.74, 6) is -0.615. The molecule has 10 atom stereocenters. The number of carbonyl (C=O) groups is 2. The Bertz CT molecular complexity index is 1750. The Hall–Kier alpha value is -2.58. The van der Waals surface area contributed by atoms with Gasteiger partial charge in [0.15, 0.2) is 12.3 Å². The molecule has 2 rings (SSSR count). The molecule has 20 nitrogen and oxygen atoms in total. The molecule has 0 amide bonds. The number of hydrogen-bond donors (Lipinski definition) is 7. The second-order valence-corrected chi connectivity index (χ2v) is 21.3. The summed E-state index contributed by atoms with van der Waals surface area (Å²) < 4.78 is 56.6. The fourth-order valence-corrected chi connectivity index (χ4v) is 9.72. The summed E-state index contributed by atoms with van der Waals surface area (Å²) in [4.78, 5) is 61.9. The second kappa shape index (κ2) is 35.5. The number of nitrogen functional groups attached to an aromatic ring is 1. The predicted molar refractivity (Wildman–Crippen MR) is 259 cm³/mol. The largest absolute Gasteiger partial charge is 0.481 e. The number of esters is 2. The van der Waals surface area contributed by atoms with Crippen molar-refractivity contribution in [1.29, 1.82) is 0 Å². The zero-order valence-electron chi connectivity index (χ0n) is 41.3. The molecule has 3 unspecified atom stereocenters. The van der Waals surface area contributed by atoms with Crippen LogP contribution in [-0.4, -0.2) is 108 Å². The van der Waals surface area contributed by atoms with Gasteiger partial charge in [-0.25, -0.2) is 13.9 Å². The van der Waals surface area contributed by atoms with Gasteiger partial charge in [0, 0.05) is 19.0 Å². The summed E-state index contributed by atoms with van der Waals surface area (Å²) in [6, 6.07) is 1.24. The highest BCUT2D eigenvalue weighted by Gasteiger charge is 2.46. The fraction of sp³-hybridized carbons (Fsp3) is 0.830. The molecule has 2 heterocycles. The number of rotatable bonds is 41. The number of aliphatic hydroxyl groups is 4. The average Bonchev–Trinajstić information content (AvgIpc) is 3.58. The fourth-order valence-electron chi connectivity index (χ4n) is 7.61. The highest BCUT2D eigenvalue weighted by atomic mass is 31.3. The molecule has 22 heteroatoms. The second-order valence-electron chi connectivity index (χ2n) is 18.2. The van der Waals surface area contributed by atoms with E-state index in [1.54, 1.807) is 0 Å². The first-order valence-electron chi connectivity index (χ1n) is 25.3. The molecule has 1 saturated heterocycles. The lowest BCUT2D eigenvalue weighted by atomic mass is 9.99. The number of nitrogens with zero attached hydrogens (tertiary/aromatic N) is 2. The SMILES string of the molecule is CCCCC/C=C\C[C@H](O)[C@@H](O)CCCCCCCC(=O)O[C@H](COC(=O)CCCCCCCCCCCCC(C)CC)COP(=O)(O)OP(=O)(O)OC[C@H]1O[C@@H](n2ccc(N)nc2=O)[C@H](O)[C@@H]1O. The zero-order valence-corrected chi connectivity index (χ0v) is 43.1. The van der Waals surface area contributed by atoms with Crippen LogP contribution < -0.4 is 11.4 Å². The van der Waals surface area contributed by atoms with E-state index in [4.69, 9.17) is 29.0 Å². The maximum absolute atomic E-state index is 12.9. The molecule has 0 aromatic carbocycles. The van der Waals surface area contributed by atoms with Crippen molar-refractivity contribution in [2.75, 3.05) is 25.6 Å². The van der Waals surface area contributed by atoms with Crippen LogP contribution in [-0.2, 0) is 46.3 Å². The Kier molecular flexibility index (Phi) is 32.2. The zero-order chi connectivity index (χ0) is 51.1. The van der Waals surface area contributed by atoms with E-state index in [-0.39, 0.29) is 18.7 Å². The highest BCUT2D eigenvalue weighted by Crippen LogP contribution is 2.60. The van der Waals surface area contributed by atoms with Gasteiger partial charge in [-0.15, -0.1) is 0 Å². The molecule has 0 aliphatic carbocycles. The van der Waals surface area contributed by atoms with Crippen LogP contribution >= 0.6 is 15.6 Å². The molecule has 0 saturated carbocycles. The smallest absolute Gasteiger partial charge is 0.462 e. The first kappa shape index (κ1) is 62.5. The number of aromatic nitrogens is 2. The summed E-state index contributed by atoms with van der Waals surface area (Å²) in [7, 11) is -10.9. The normalized spacial score (nSPS) is 20.8. The van der Waals surface area contributed by atoms with E-state index in [0.717, 1.165) is 80.9 Å². The minimum atomic E-state index is -5.45. The highest BCUT2D eigenvalue weighted by molar-refractivity contribution is 7.61. The number of phosphoric ester groups is 2. The van der Waals surface area contributed by atoms with Crippen LogP contribution in [0.1, 0.15) is 188 Å². The van der Waals surface area contributed by atoms with Gasteiger partial charge in [-0.05, 0) is 50.5 Å². The van der Waals surface area contributed by atoms with E-state index >= 15 is 0 Å². The van der Waals surface area contributed by atoms with Gasteiger partial charge in [0.2, 0.25) is 0 Å². The summed E-state index contributed by atoms with van der Waals surface area (Å²) in [6.45, 7) is 4.26. The molecule has 8 N–H and O–H groups in total. The van der Waals surface area contributed by atoms with Gasteiger partial charge in [-0.3, -0.25) is 23.2 Å². The molecule has 1 aromatic rings. The van der Waals surface area contributed by atoms with Crippen LogP contribution in [0.25, 0.3) is 0 Å². The third kappa shape index (κ3) is 28.3. The standard InChI is InChI=1S/C47H85N3O17P2/c1-4-6-7-8-17-22-27-38(51)39(52)28-23-18-15-20-25-30-43(54)65-37(33-62-42(53)29-24-19-14-12-10-9-11-13-16-21-26-36(3)5-2)34-63-68(58,59)67-69(60,61)64-35-40-44(55)45(56)46(66-40)50-32-31-41(48)49-47(50)57/h17,22,31-32,36-40,44-46,51-52,55-56H,4-16,18-21,23-30,33-35H2,1-3H3,(H,58,59)(H,60,61)(H2,48,49,57)/b22-17-/t36?,37-,38+,39+,40-,44-,45-,46-/m1/s1. The Morgan fingerprint density at radius 2 is 1.36 bits per heavy atom. The number of carbonyl (C=O) groups excluding carboxylic acids is 2. The number of phosphoric acid groups is 2. The Labute approximate surface area is 408 Å². The van der Waals surface area contributed by atoms with E-state index < -0.39 is 95.9 Å². The number of unbranched alkanes of at least 4 members (excludes halogenated alkanes) is 16. The number of ether oxygens (including phenoxy) is 3. The van der Waals surface area contributed by atoms with Crippen LogP contribution in [0.5, 0.6) is 0 Å². The first-order valence-corrected chi connectivity index (χ1v) is 28.3. The molecule has 0 bridgehead atoms. The summed E-state index contributed by atoms with van der Waals surface area (Å²) in [5.41, 5.74) is 4.57. The number of aliphatic hydroxyl groups excluding tert-OH is 4. The maximum Gasteiger partial charge on any atom is 0.481 e. The van der Waals surface area contributed by atoms with Crippen LogP contribution in [0.3, 0.4) is 0 Å². The number of allylic oxidation sites excluding steroid dienone is 1. The van der Waals surface area contributed by atoms with Crippen molar-refractivity contribution < 1.29 is 76.5 Å². The van der Waals surface area contributed by atoms with Crippen molar-refractivity contribution >= 4 is 33.4 Å². The first-order chi connectivity index (χ1) is 32.9. The molecule has 1 aromatic heterocycles. The van der Waals surface area contributed by atoms with E-state index in [1.165, 1.54) is 51.0 Å². The molecular formula is C47H85N3O17P2. The maximum atomic E-state index is 12.9. The van der Waals surface area contributed by atoms with E-state index in [9.17, 15) is 53.7 Å². The predicted octanol–water partition coefficient (Wildman–Crippen LogP) is 7.86. The van der Waals surface area contributed by atoms with Crippen LogP contribution in [0.4, 0.5) is 5.82 Å². The number of nitrogens with two attached hydrogens (primary N) is 1. The Morgan fingerprint density at radius 3 is 1.97 bits per heavy atom. The summed E-state index contributed by atoms with van der Waals surface area (Å²) in [6.07, 6.45) is 17.4. The van der Waals surface area contributed by atoms with Gasteiger partial charge in [0.05, 0.1) is 25.4 Å². The van der Waals surface area contributed by atoms with Crippen molar-refractivity contribution in [3.8, 4) is 0 Å². The lowest BCUT2D eigenvalue weighted by molar-refractivity contribution is -0.161. The van der Waals surface area contributed by atoms with Gasteiger partial charge < -0.3 is 50.2 Å². The minimum Gasteiger partial charge on any atom is -0.462 e. The number of hydrogen-bond acceptors (Lipinski definition) is 17. The third-order valence-electron chi connectivity index (χ3n) is 12.1. The van der Waals surface area contributed by atoms with Crippen molar-refractivity contribution in [3.05, 3.63) is 34.9 Å². The summed E-state index contributed by atoms with van der Waals surface area (Å²) >= 11 is 0.